The van der Waals surface area contributed by atoms with E-state index in [1.165, 1.54) is 0 Å². The molecule has 0 aliphatic rings. The van der Waals surface area contributed by atoms with Gasteiger partial charge in [-0.1, -0.05) is 17.7 Å². The van der Waals surface area contributed by atoms with Crippen molar-refractivity contribution in [1.29, 1.82) is 0 Å². The fourth-order valence-electron chi connectivity index (χ4n) is 1.45. The van der Waals surface area contributed by atoms with Gasteiger partial charge in [0.25, 0.3) is 0 Å². The SMILES string of the molecule is Cc1cc(N)nc(Nc2ccc(C)c(Cl)c2)n1.Cl. The zero-order chi connectivity index (χ0) is 12.4. The molecule has 0 saturated heterocycles. The fourth-order valence-corrected chi connectivity index (χ4v) is 1.63. The second-order valence-electron chi connectivity index (χ2n) is 3.85. The molecule has 0 unspecified atom stereocenters. The number of nitrogen functional groups attached to an aromatic ring is 1. The zero-order valence-electron chi connectivity index (χ0n) is 10.1. The predicted molar refractivity (Wildman–Crippen MR) is 77.9 cm³/mol. The lowest BCUT2D eigenvalue weighted by Crippen LogP contribution is -2.01. The fraction of sp³-hybridized carbons (Fsp3) is 0.167. The molecule has 0 bridgehead atoms. The van der Waals surface area contributed by atoms with Crippen LogP contribution in [0.4, 0.5) is 17.5 Å². The molecule has 4 nitrogen and oxygen atoms in total. The van der Waals surface area contributed by atoms with E-state index >= 15 is 0 Å². The maximum absolute atomic E-state index is 6.04. The second kappa shape index (κ2) is 5.89. The van der Waals surface area contributed by atoms with Crippen LogP contribution < -0.4 is 11.1 Å². The Morgan fingerprint density at radius 3 is 2.50 bits per heavy atom. The quantitative estimate of drug-likeness (QED) is 0.886. The molecular weight excluding hydrogens is 271 g/mol. The number of halogens is 2. The Hall–Kier alpha value is -1.52. The maximum atomic E-state index is 6.04. The molecule has 0 atom stereocenters. The summed E-state index contributed by atoms with van der Waals surface area (Å²) >= 11 is 6.04. The molecule has 3 N–H and O–H groups in total. The number of benzene rings is 1. The third kappa shape index (κ3) is 3.48. The lowest BCUT2D eigenvalue weighted by molar-refractivity contribution is 1.11. The van der Waals surface area contributed by atoms with Gasteiger partial charge >= 0.3 is 0 Å². The summed E-state index contributed by atoms with van der Waals surface area (Å²) in [5.41, 5.74) is 8.34. The molecule has 0 fully saturated rings. The van der Waals surface area contributed by atoms with E-state index < -0.39 is 0 Å². The van der Waals surface area contributed by atoms with Crippen LogP contribution in [0.25, 0.3) is 0 Å². The molecule has 96 valence electrons. The molecule has 1 heterocycles. The standard InChI is InChI=1S/C12H13ClN4.ClH/c1-7-3-4-9(6-10(7)13)16-12-15-8(2)5-11(14)17-12;/h3-6H,1-2H3,(H3,14,15,16,17);1H. The van der Waals surface area contributed by atoms with E-state index in [4.69, 9.17) is 17.3 Å². The lowest BCUT2D eigenvalue weighted by atomic mass is 10.2. The minimum atomic E-state index is 0. The lowest BCUT2D eigenvalue weighted by Gasteiger charge is -2.07. The van der Waals surface area contributed by atoms with Crippen molar-refractivity contribution >= 4 is 41.5 Å². The van der Waals surface area contributed by atoms with Gasteiger partial charge in [0.15, 0.2) is 0 Å². The van der Waals surface area contributed by atoms with Crippen molar-refractivity contribution in [3.05, 3.63) is 40.5 Å². The van der Waals surface area contributed by atoms with Crippen LogP contribution in [0.1, 0.15) is 11.3 Å². The second-order valence-corrected chi connectivity index (χ2v) is 4.25. The van der Waals surface area contributed by atoms with Gasteiger partial charge in [-0.2, -0.15) is 4.98 Å². The minimum absolute atomic E-state index is 0. The summed E-state index contributed by atoms with van der Waals surface area (Å²) in [4.78, 5) is 8.33. The molecule has 0 amide bonds. The molecule has 0 aliphatic heterocycles. The topological polar surface area (TPSA) is 63.8 Å². The van der Waals surface area contributed by atoms with E-state index in [0.29, 0.717) is 16.8 Å². The van der Waals surface area contributed by atoms with E-state index in [9.17, 15) is 0 Å². The minimum Gasteiger partial charge on any atom is -0.384 e. The largest absolute Gasteiger partial charge is 0.384 e. The summed E-state index contributed by atoms with van der Waals surface area (Å²) < 4.78 is 0. The van der Waals surface area contributed by atoms with Crippen LogP contribution in [-0.4, -0.2) is 9.97 Å². The van der Waals surface area contributed by atoms with Crippen LogP contribution in [-0.2, 0) is 0 Å². The molecule has 0 spiro atoms. The highest BCUT2D eigenvalue weighted by atomic mass is 35.5. The number of aromatic nitrogens is 2. The molecule has 0 aliphatic carbocycles. The van der Waals surface area contributed by atoms with Gasteiger partial charge in [0.1, 0.15) is 5.82 Å². The molecule has 1 aromatic carbocycles. The highest BCUT2D eigenvalue weighted by Gasteiger charge is 2.02. The van der Waals surface area contributed by atoms with Crippen molar-refractivity contribution in [2.75, 3.05) is 11.1 Å². The number of nitrogens with two attached hydrogens (primary N) is 1. The highest BCUT2D eigenvalue weighted by Crippen LogP contribution is 2.22. The van der Waals surface area contributed by atoms with Crippen molar-refractivity contribution < 1.29 is 0 Å². The number of aryl methyl sites for hydroxylation is 2. The number of nitrogens with zero attached hydrogens (tertiary/aromatic N) is 2. The van der Waals surface area contributed by atoms with Gasteiger partial charge in [-0.15, -0.1) is 12.4 Å². The van der Waals surface area contributed by atoms with Crippen LogP contribution in [0, 0.1) is 13.8 Å². The summed E-state index contributed by atoms with van der Waals surface area (Å²) in [6.07, 6.45) is 0. The molecule has 18 heavy (non-hydrogen) atoms. The van der Waals surface area contributed by atoms with Gasteiger partial charge in [0.05, 0.1) is 0 Å². The molecule has 2 aromatic rings. The van der Waals surface area contributed by atoms with Gasteiger partial charge in [0, 0.05) is 22.5 Å². The molecular formula is C12H14Cl2N4. The monoisotopic (exact) mass is 284 g/mol. The first-order chi connectivity index (χ1) is 8.04. The van der Waals surface area contributed by atoms with Crippen LogP contribution in [0.15, 0.2) is 24.3 Å². The smallest absolute Gasteiger partial charge is 0.229 e. The summed E-state index contributed by atoms with van der Waals surface area (Å²) in [5.74, 6) is 0.917. The number of anilines is 3. The summed E-state index contributed by atoms with van der Waals surface area (Å²) in [6.45, 7) is 3.82. The Bertz CT molecular complexity index is 538. The number of nitrogens with one attached hydrogen (secondary N) is 1. The number of hydrogen-bond donors (Lipinski definition) is 2. The summed E-state index contributed by atoms with van der Waals surface area (Å²) in [5, 5.41) is 3.77. The van der Waals surface area contributed by atoms with Crippen LogP contribution in [0.2, 0.25) is 5.02 Å². The predicted octanol–water partition coefficient (Wildman–Crippen LogP) is 3.49. The first kappa shape index (κ1) is 14.5. The third-order valence-electron chi connectivity index (χ3n) is 2.30. The highest BCUT2D eigenvalue weighted by molar-refractivity contribution is 6.31. The molecule has 1 aromatic heterocycles. The van der Waals surface area contributed by atoms with Crippen molar-refractivity contribution in [1.82, 2.24) is 9.97 Å². The third-order valence-corrected chi connectivity index (χ3v) is 2.71. The maximum Gasteiger partial charge on any atom is 0.229 e. The summed E-state index contributed by atoms with van der Waals surface area (Å²) in [7, 11) is 0. The molecule has 0 saturated carbocycles. The van der Waals surface area contributed by atoms with Gasteiger partial charge in [-0.3, -0.25) is 0 Å². The zero-order valence-corrected chi connectivity index (χ0v) is 11.6. The van der Waals surface area contributed by atoms with E-state index in [-0.39, 0.29) is 12.4 Å². The molecule has 6 heteroatoms. The van der Waals surface area contributed by atoms with E-state index in [1.54, 1.807) is 6.07 Å². The molecule has 0 radical (unpaired) electrons. The Kier molecular flexibility index (Phi) is 4.76. The Morgan fingerprint density at radius 1 is 1.17 bits per heavy atom. The van der Waals surface area contributed by atoms with Crippen molar-refractivity contribution in [3.8, 4) is 0 Å². The first-order valence-corrected chi connectivity index (χ1v) is 5.57. The normalized spacial score (nSPS) is 9.72. The average Bonchev–Trinajstić information content (AvgIpc) is 2.22. The summed E-state index contributed by atoms with van der Waals surface area (Å²) in [6, 6.07) is 7.40. The van der Waals surface area contributed by atoms with Crippen LogP contribution in [0.3, 0.4) is 0 Å². The van der Waals surface area contributed by atoms with Crippen molar-refractivity contribution in [2.24, 2.45) is 0 Å². The van der Waals surface area contributed by atoms with E-state index in [2.05, 4.69) is 15.3 Å². The van der Waals surface area contributed by atoms with Crippen LogP contribution in [0.5, 0.6) is 0 Å². The Labute approximate surface area is 117 Å². The number of hydrogen-bond acceptors (Lipinski definition) is 4. The van der Waals surface area contributed by atoms with Crippen LogP contribution >= 0.6 is 24.0 Å². The Balaban J connectivity index is 0.00000162. The number of rotatable bonds is 2. The van der Waals surface area contributed by atoms with Gasteiger partial charge in [-0.25, -0.2) is 4.98 Å². The van der Waals surface area contributed by atoms with E-state index in [1.807, 2.05) is 32.0 Å². The first-order valence-electron chi connectivity index (χ1n) is 5.19. The average molecular weight is 285 g/mol. The van der Waals surface area contributed by atoms with Crippen molar-refractivity contribution in [2.45, 2.75) is 13.8 Å². The van der Waals surface area contributed by atoms with E-state index in [0.717, 1.165) is 16.9 Å². The molecule has 2 rings (SSSR count). The van der Waals surface area contributed by atoms with Crippen molar-refractivity contribution in [3.63, 3.8) is 0 Å². The van der Waals surface area contributed by atoms with Gasteiger partial charge in [-0.05, 0) is 31.5 Å². The van der Waals surface area contributed by atoms with Gasteiger partial charge in [0.2, 0.25) is 5.95 Å². The Morgan fingerprint density at radius 2 is 1.89 bits per heavy atom. The van der Waals surface area contributed by atoms with Gasteiger partial charge < -0.3 is 11.1 Å².